The van der Waals surface area contributed by atoms with Crippen molar-refractivity contribution in [2.45, 2.75) is 11.6 Å². The summed E-state index contributed by atoms with van der Waals surface area (Å²) in [5.74, 6) is -0.564. The van der Waals surface area contributed by atoms with Crippen LogP contribution < -0.4 is 10.1 Å². The largest absolute Gasteiger partial charge is 0.497 e. The molecule has 0 unspecified atom stereocenters. The van der Waals surface area contributed by atoms with Gasteiger partial charge in [-0.15, -0.1) is 0 Å². The molecule has 24 heavy (non-hydrogen) atoms. The Morgan fingerprint density at radius 3 is 2.42 bits per heavy atom. The summed E-state index contributed by atoms with van der Waals surface area (Å²) < 4.78 is 5.15. The highest BCUT2D eigenvalue weighted by Crippen LogP contribution is 2.73. The monoisotopic (exact) mass is 320 g/mol. The van der Waals surface area contributed by atoms with E-state index in [1.54, 1.807) is 43.5 Å². The van der Waals surface area contributed by atoms with Crippen LogP contribution in [0.5, 0.6) is 5.75 Å². The van der Waals surface area contributed by atoms with E-state index in [1.165, 1.54) is 0 Å². The molecule has 1 saturated heterocycles. The summed E-state index contributed by atoms with van der Waals surface area (Å²) in [6.07, 6.45) is 0. The molecular weight excluding hydrogens is 304 g/mol. The van der Waals surface area contributed by atoms with E-state index < -0.39 is 23.0 Å². The molecule has 1 saturated carbocycles. The number of carbonyl (C=O) groups is 1. The van der Waals surface area contributed by atoms with E-state index >= 15 is 0 Å². The third-order valence-corrected chi connectivity index (χ3v) is 5.21. The molecule has 1 heterocycles. The lowest BCUT2D eigenvalue weighted by Crippen LogP contribution is -2.44. The average Bonchev–Trinajstić information content (AvgIpc) is 3.27. The fourth-order valence-corrected chi connectivity index (χ4v) is 4.00. The Hall–Kier alpha value is -2.84. The van der Waals surface area contributed by atoms with Crippen LogP contribution in [0, 0.1) is 22.7 Å². The van der Waals surface area contributed by atoms with Gasteiger partial charge in [-0.05, 0) is 17.7 Å². The first-order valence-electron chi connectivity index (χ1n) is 7.73. The maximum absolute atomic E-state index is 12.5. The molecule has 0 radical (unpaired) electrons. The van der Waals surface area contributed by atoms with Crippen LogP contribution in [-0.2, 0) is 10.5 Å². The zero-order valence-corrected chi connectivity index (χ0v) is 13.1. The topological polar surface area (TPSA) is 82.3 Å². The number of nitrogens with zero attached hydrogens (tertiary/aromatic N) is 1. The predicted octanol–water partition coefficient (Wildman–Crippen LogP) is 1.89. The molecule has 1 aliphatic heterocycles. The molecule has 0 spiro atoms. The van der Waals surface area contributed by atoms with Gasteiger partial charge in [0.2, 0.25) is 5.91 Å². The van der Waals surface area contributed by atoms with Crippen LogP contribution >= 0.6 is 0 Å². The predicted molar refractivity (Wildman–Crippen MR) is 85.8 cm³/mol. The van der Waals surface area contributed by atoms with Crippen molar-refractivity contribution < 1.29 is 14.6 Å². The Labute approximate surface area is 139 Å². The number of piperidine rings is 1. The highest BCUT2D eigenvalue weighted by atomic mass is 16.5. The number of hydrogen-bond donors (Lipinski definition) is 2. The van der Waals surface area contributed by atoms with Crippen molar-refractivity contribution in [1.29, 1.82) is 5.26 Å². The summed E-state index contributed by atoms with van der Waals surface area (Å²) in [6.45, 7) is 0. The number of carbonyl (C=O) groups excluding carboxylic acids is 1. The zero-order valence-electron chi connectivity index (χ0n) is 13.1. The van der Waals surface area contributed by atoms with Crippen LogP contribution in [0.25, 0.3) is 0 Å². The number of ether oxygens (including phenoxy) is 1. The van der Waals surface area contributed by atoms with Crippen molar-refractivity contribution in [1.82, 2.24) is 5.32 Å². The quantitative estimate of drug-likeness (QED) is 0.905. The molecule has 5 nitrogen and oxygen atoms in total. The Morgan fingerprint density at radius 2 is 1.83 bits per heavy atom. The van der Waals surface area contributed by atoms with Gasteiger partial charge in [-0.2, -0.15) is 5.26 Å². The summed E-state index contributed by atoms with van der Waals surface area (Å²) in [4.78, 5) is 12.5. The highest BCUT2D eigenvalue weighted by molar-refractivity contribution is 5.95. The number of nitriles is 1. The molecule has 2 fully saturated rings. The fourth-order valence-electron chi connectivity index (χ4n) is 4.00. The van der Waals surface area contributed by atoms with Gasteiger partial charge in [-0.3, -0.25) is 4.79 Å². The number of benzene rings is 2. The van der Waals surface area contributed by atoms with Crippen LogP contribution in [0.15, 0.2) is 54.6 Å². The standard InChI is InChI=1S/C19H16N2O3/c1-24-14-9-7-12(8-10-14)15-16-18(15,11-20)17(22)21-19(16,23)13-5-3-2-4-6-13/h2-10,15-16,23H,1H3,(H,21,22)/t15-,16-,18+,19+/m1/s1. The first kappa shape index (κ1) is 14.7. The van der Waals surface area contributed by atoms with Crippen LogP contribution in [0.4, 0.5) is 0 Å². The van der Waals surface area contributed by atoms with E-state index in [0.717, 1.165) is 5.56 Å². The zero-order chi connectivity index (χ0) is 16.9. The Balaban J connectivity index is 1.78. The third kappa shape index (κ3) is 1.69. The van der Waals surface area contributed by atoms with Crippen molar-refractivity contribution in [3.8, 4) is 11.8 Å². The smallest absolute Gasteiger partial charge is 0.244 e. The number of hydrogen-bond acceptors (Lipinski definition) is 4. The highest BCUT2D eigenvalue weighted by Gasteiger charge is 2.82. The number of nitrogens with one attached hydrogen (secondary N) is 1. The van der Waals surface area contributed by atoms with E-state index in [9.17, 15) is 15.2 Å². The van der Waals surface area contributed by atoms with Gasteiger partial charge >= 0.3 is 0 Å². The molecule has 2 aromatic rings. The number of rotatable bonds is 3. The molecule has 1 aliphatic carbocycles. The van der Waals surface area contributed by atoms with E-state index in [1.807, 2.05) is 18.2 Å². The molecule has 1 amide bonds. The van der Waals surface area contributed by atoms with Crippen molar-refractivity contribution >= 4 is 5.91 Å². The van der Waals surface area contributed by atoms with Gasteiger partial charge < -0.3 is 15.2 Å². The van der Waals surface area contributed by atoms with E-state index in [-0.39, 0.29) is 5.92 Å². The van der Waals surface area contributed by atoms with Crippen molar-refractivity contribution in [3.63, 3.8) is 0 Å². The summed E-state index contributed by atoms with van der Waals surface area (Å²) in [5, 5.41) is 23.5. The number of amides is 1. The van der Waals surface area contributed by atoms with Crippen molar-refractivity contribution in [2.24, 2.45) is 11.3 Å². The summed E-state index contributed by atoms with van der Waals surface area (Å²) in [6, 6.07) is 18.4. The summed E-state index contributed by atoms with van der Waals surface area (Å²) in [5.41, 5.74) is -1.30. The van der Waals surface area contributed by atoms with E-state index in [4.69, 9.17) is 4.74 Å². The lowest BCUT2D eigenvalue weighted by molar-refractivity contribution is -0.127. The maximum Gasteiger partial charge on any atom is 0.244 e. The van der Waals surface area contributed by atoms with Gasteiger partial charge in [0.05, 0.1) is 13.2 Å². The Kier molecular flexibility index (Phi) is 2.96. The second-order valence-electron chi connectivity index (χ2n) is 6.30. The number of aliphatic hydroxyl groups is 1. The van der Waals surface area contributed by atoms with E-state index in [2.05, 4.69) is 11.4 Å². The summed E-state index contributed by atoms with van der Waals surface area (Å²) >= 11 is 0. The van der Waals surface area contributed by atoms with Gasteiger partial charge in [-0.1, -0.05) is 42.5 Å². The van der Waals surface area contributed by atoms with Crippen LogP contribution in [0.2, 0.25) is 0 Å². The normalized spacial score (nSPS) is 33.3. The minimum Gasteiger partial charge on any atom is -0.497 e. The molecule has 2 aliphatic rings. The molecule has 4 rings (SSSR count). The SMILES string of the molecule is COc1ccc([C@@H]2[C@@H]3[C@@]2(C#N)C(=O)N[C@]3(O)c2ccccc2)cc1. The molecule has 2 aromatic carbocycles. The lowest BCUT2D eigenvalue weighted by atomic mass is 9.95. The van der Waals surface area contributed by atoms with Crippen molar-refractivity contribution in [2.75, 3.05) is 7.11 Å². The molecule has 5 heteroatoms. The van der Waals surface area contributed by atoms with Gasteiger partial charge in [0.1, 0.15) is 5.75 Å². The minimum atomic E-state index is -1.53. The van der Waals surface area contributed by atoms with Gasteiger partial charge in [0.15, 0.2) is 11.1 Å². The number of fused-ring (bicyclic) bond motifs is 1. The van der Waals surface area contributed by atoms with Crippen LogP contribution in [-0.4, -0.2) is 18.1 Å². The minimum absolute atomic E-state index is 0.340. The lowest BCUT2D eigenvalue weighted by Gasteiger charge is -2.27. The molecular formula is C19H16N2O3. The van der Waals surface area contributed by atoms with E-state index in [0.29, 0.717) is 11.3 Å². The average molecular weight is 320 g/mol. The third-order valence-electron chi connectivity index (χ3n) is 5.21. The summed E-state index contributed by atoms with van der Waals surface area (Å²) in [7, 11) is 1.58. The second-order valence-corrected chi connectivity index (χ2v) is 6.30. The molecule has 0 aromatic heterocycles. The van der Waals surface area contributed by atoms with Crippen LogP contribution in [0.1, 0.15) is 17.0 Å². The van der Waals surface area contributed by atoms with Crippen molar-refractivity contribution in [3.05, 3.63) is 65.7 Å². The van der Waals surface area contributed by atoms with Crippen LogP contribution in [0.3, 0.4) is 0 Å². The Morgan fingerprint density at radius 1 is 1.17 bits per heavy atom. The van der Waals surface area contributed by atoms with Gasteiger partial charge in [0, 0.05) is 17.4 Å². The molecule has 2 N–H and O–H groups in total. The molecule has 0 bridgehead atoms. The first-order valence-corrected chi connectivity index (χ1v) is 7.73. The Bertz CT molecular complexity index is 843. The first-order chi connectivity index (χ1) is 11.6. The van der Waals surface area contributed by atoms with Gasteiger partial charge in [-0.25, -0.2) is 0 Å². The molecule has 4 atom stereocenters. The fraction of sp³-hybridized carbons (Fsp3) is 0.263. The van der Waals surface area contributed by atoms with Gasteiger partial charge in [0.25, 0.3) is 0 Å². The molecule has 120 valence electrons. The second kappa shape index (κ2) is 4.83. The number of methoxy groups -OCH3 is 1. The maximum atomic E-state index is 12.5.